The van der Waals surface area contributed by atoms with Crippen LogP contribution in [0.1, 0.15) is 22.3 Å². The average Bonchev–Trinajstić information content (AvgIpc) is 2.97. The third kappa shape index (κ3) is 7.94. The van der Waals surface area contributed by atoms with Crippen molar-refractivity contribution in [1.82, 2.24) is 0 Å². The van der Waals surface area contributed by atoms with Crippen LogP contribution in [0.4, 0.5) is 0 Å². The molecule has 0 N–H and O–H groups in total. The number of hydrogen-bond donors (Lipinski definition) is 0. The van der Waals surface area contributed by atoms with E-state index in [9.17, 15) is 0 Å². The first-order valence-corrected chi connectivity index (χ1v) is 22.3. The highest BCUT2D eigenvalue weighted by molar-refractivity contribution is 8.30. The highest BCUT2D eigenvalue weighted by Gasteiger charge is 2.31. The molecule has 2 aromatic rings. The Morgan fingerprint density at radius 1 is 0.615 bits per heavy atom. The average molecular weight is 688 g/mol. The summed E-state index contributed by atoms with van der Waals surface area (Å²) in [6, 6.07) is 16.4. The summed E-state index contributed by atoms with van der Waals surface area (Å²) in [5.74, 6) is 2.38. The first-order chi connectivity index (χ1) is 19.0. The molecule has 9 heteroatoms. The third-order valence-electron chi connectivity index (χ3n) is 7.26. The van der Waals surface area contributed by atoms with Crippen LogP contribution in [0.15, 0.2) is 62.1 Å². The molecule has 4 atom stereocenters. The van der Waals surface area contributed by atoms with Gasteiger partial charge in [-0.25, -0.2) is 0 Å². The Kier molecular flexibility index (Phi) is 12.2. The molecule has 39 heavy (non-hydrogen) atoms. The standard InChI is InChI=1S/C30H35ClS8/c1-32-25-16-36-27(38-29(25)34-3)22-11-18-5-7-19(8-6-18)12-23(15-21-10-9-20(13-22)14-24(21)31)28-37-17-26(33-2)30(35-4)39-28/h5-10,14,25-26,29-30H,11-13,15-17H2,1-4H3/b27-22-,28-23-. The van der Waals surface area contributed by atoms with Gasteiger partial charge in [0.15, 0.2) is 0 Å². The zero-order valence-corrected chi connectivity index (χ0v) is 30.0. The van der Waals surface area contributed by atoms with Crippen molar-refractivity contribution in [3.63, 3.8) is 0 Å². The summed E-state index contributed by atoms with van der Waals surface area (Å²) < 4.78 is 4.27. The van der Waals surface area contributed by atoms with E-state index in [0.717, 1.165) is 30.7 Å². The first kappa shape index (κ1) is 31.4. The van der Waals surface area contributed by atoms with Crippen LogP contribution in [-0.4, -0.2) is 56.2 Å². The van der Waals surface area contributed by atoms with Crippen molar-refractivity contribution >= 4 is 106 Å². The van der Waals surface area contributed by atoms with Gasteiger partial charge in [-0.3, -0.25) is 0 Å². The van der Waals surface area contributed by atoms with Gasteiger partial charge in [0.25, 0.3) is 0 Å². The smallest absolute Gasteiger partial charge is 0.0678 e. The molecule has 210 valence electrons. The second-order valence-electron chi connectivity index (χ2n) is 9.85. The zero-order valence-electron chi connectivity index (χ0n) is 22.7. The highest BCUT2D eigenvalue weighted by Crippen LogP contribution is 2.50. The Morgan fingerprint density at radius 2 is 1.08 bits per heavy atom. The minimum absolute atomic E-state index is 0.607. The van der Waals surface area contributed by atoms with Crippen molar-refractivity contribution in [2.24, 2.45) is 0 Å². The largest absolute Gasteiger partial charge is 0.159 e. The molecule has 0 spiro atoms. The molecule has 2 fully saturated rings. The number of thioether (sulfide) groups is 8. The molecule has 2 heterocycles. The van der Waals surface area contributed by atoms with Crippen LogP contribution in [0.3, 0.4) is 0 Å². The van der Waals surface area contributed by atoms with Crippen LogP contribution < -0.4 is 0 Å². The van der Waals surface area contributed by atoms with Crippen molar-refractivity contribution in [3.05, 3.63) is 89.4 Å². The van der Waals surface area contributed by atoms with E-state index in [1.54, 1.807) is 5.57 Å². The summed E-state index contributed by atoms with van der Waals surface area (Å²) in [7, 11) is 0. The monoisotopic (exact) mass is 686 g/mol. The summed E-state index contributed by atoms with van der Waals surface area (Å²) in [5.41, 5.74) is 8.46. The fourth-order valence-electron chi connectivity index (χ4n) is 5.03. The number of halogens is 1. The molecule has 2 aromatic carbocycles. The second kappa shape index (κ2) is 15.1. The number of rotatable bonds is 4. The van der Waals surface area contributed by atoms with Crippen LogP contribution >= 0.6 is 106 Å². The predicted octanol–water partition coefficient (Wildman–Crippen LogP) is 10.4. The highest BCUT2D eigenvalue weighted by atomic mass is 35.5. The minimum Gasteiger partial charge on any atom is -0.159 e. The molecular weight excluding hydrogens is 652 g/mol. The summed E-state index contributed by atoms with van der Waals surface area (Å²) in [6.45, 7) is 0. The van der Waals surface area contributed by atoms with Crippen molar-refractivity contribution in [2.75, 3.05) is 36.5 Å². The van der Waals surface area contributed by atoms with Gasteiger partial charge < -0.3 is 0 Å². The fraction of sp³-hybridized carbons (Fsp3) is 0.467. The Labute approximate surface area is 274 Å². The molecule has 4 unspecified atom stereocenters. The zero-order chi connectivity index (χ0) is 27.4. The molecule has 0 amide bonds. The fourth-order valence-corrected chi connectivity index (χ4v) is 17.4. The van der Waals surface area contributed by atoms with Crippen LogP contribution in [0.5, 0.6) is 0 Å². The van der Waals surface area contributed by atoms with E-state index >= 15 is 0 Å². The second-order valence-corrected chi connectivity index (χ2v) is 19.8. The van der Waals surface area contributed by atoms with E-state index in [1.807, 2.05) is 47.0 Å². The van der Waals surface area contributed by atoms with E-state index in [2.05, 4.69) is 115 Å². The topological polar surface area (TPSA) is 0 Å². The molecule has 4 aliphatic carbocycles. The van der Waals surface area contributed by atoms with E-state index in [0.29, 0.717) is 19.7 Å². The molecule has 8 rings (SSSR count). The Hall–Kier alpha value is 1.01. The number of hydrogen-bond acceptors (Lipinski definition) is 8. The van der Waals surface area contributed by atoms with Gasteiger partial charge in [0.2, 0.25) is 0 Å². The molecule has 0 nitrogen and oxygen atoms in total. The quantitative estimate of drug-likeness (QED) is 0.308. The molecule has 0 radical (unpaired) electrons. The summed E-state index contributed by atoms with van der Waals surface area (Å²) >= 11 is 23.4. The van der Waals surface area contributed by atoms with Crippen molar-refractivity contribution < 1.29 is 0 Å². The third-order valence-corrected chi connectivity index (χ3v) is 19.7. The molecular formula is C30H35ClS8. The van der Waals surface area contributed by atoms with Gasteiger partial charge in [-0.1, -0.05) is 48.0 Å². The van der Waals surface area contributed by atoms with E-state index in [4.69, 9.17) is 11.6 Å². The SMILES string of the molecule is CSC1CS/C(=C2\Cc3ccc(cc3)C/C(=C3\SCC(SC)C(SC)S3)Cc3ccc(cc3Cl)C2)SC1SC. The van der Waals surface area contributed by atoms with Crippen molar-refractivity contribution in [3.8, 4) is 0 Å². The van der Waals surface area contributed by atoms with Gasteiger partial charge in [-0.2, -0.15) is 23.5 Å². The maximum atomic E-state index is 7.02. The lowest BCUT2D eigenvalue weighted by molar-refractivity contribution is 0.999. The van der Waals surface area contributed by atoms with E-state index in [1.165, 1.54) is 47.8 Å². The Balaban J connectivity index is 1.50. The summed E-state index contributed by atoms with van der Waals surface area (Å²) in [5, 5.41) is 2.32. The number of benzene rings is 2. The van der Waals surface area contributed by atoms with Gasteiger partial charge in [0, 0.05) is 35.5 Å². The number of allylic oxidation sites excluding steroid dienone is 2. The lowest BCUT2D eigenvalue weighted by Gasteiger charge is -2.31. The van der Waals surface area contributed by atoms with Gasteiger partial charge in [0.05, 0.1) is 9.16 Å². The maximum Gasteiger partial charge on any atom is 0.0678 e. The van der Waals surface area contributed by atoms with Gasteiger partial charge >= 0.3 is 0 Å². The van der Waals surface area contributed by atoms with E-state index < -0.39 is 0 Å². The normalized spacial score (nSPS) is 30.0. The Bertz CT molecular complexity index is 1210. The molecule has 0 saturated carbocycles. The first-order valence-electron chi connectivity index (χ1n) is 13.0. The van der Waals surface area contributed by atoms with Crippen LogP contribution in [0.25, 0.3) is 0 Å². The molecule has 4 bridgehead atoms. The Morgan fingerprint density at radius 3 is 1.54 bits per heavy atom. The molecule has 0 aromatic heterocycles. The molecule has 2 saturated heterocycles. The van der Waals surface area contributed by atoms with Gasteiger partial charge in [-0.05, 0) is 90.2 Å². The van der Waals surface area contributed by atoms with Crippen LogP contribution in [0, 0.1) is 0 Å². The minimum atomic E-state index is 0.607. The van der Waals surface area contributed by atoms with Gasteiger partial charge in [0.1, 0.15) is 0 Å². The summed E-state index contributed by atoms with van der Waals surface area (Å²) in [6.07, 6.45) is 12.9. The lowest BCUT2D eigenvalue weighted by atomic mass is 9.93. The molecule has 6 aliphatic rings. The van der Waals surface area contributed by atoms with Crippen LogP contribution in [0.2, 0.25) is 5.02 Å². The van der Waals surface area contributed by atoms with Crippen molar-refractivity contribution in [1.29, 1.82) is 0 Å². The van der Waals surface area contributed by atoms with Gasteiger partial charge in [-0.15, -0.1) is 70.6 Å². The van der Waals surface area contributed by atoms with Crippen LogP contribution in [-0.2, 0) is 25.7 Å². The summed E-state index contributed by atoms with van der Waals surface area (Å²) in [4.78, 5) is 0. The van der Waals surface area contributed by atoms with E-state index in [-0.39, 0.29) is 0 Å². The lowest BCUT2D eigenvalue weighted by Crippen LogP contribution is -2.23. The van der Waals surface area contributed by atoms with Crippen molar-refractivity contribution in [2.45, 2.75) is 45.3 Å². The maximum absolute atomic E-state index is 7.02. The molecule has 2 aliphatic heterocycles. The predicted molar refractivity (Wildman–Crippen MR) is 196 cm³/mol.